The molecule has 0 fully saturated rings. The molecule has 0 amide bonds. The Morgan fingerprint density at radius 2 is 1.46 bits per heavy atom. The molecule has 0 aliphatic rings. The molecule has 0 saturated carbocycles. The van der Waals surface area contributed by atoms with Crippen molar-refractivity contribution in [1.82, 2.24) is 0 Å². The zero-order chi connectivity index (χ0) is 27.5. The summed E-state index contributed by atoms with van der Waals surface area (Å²) in [4.78, 5) is 11.9. The standard InChI is InChI=1S/C35H39O3P/c1-4-5-20-35(2,39-33-19-13-12-18-30(33)25-36)32-24-29(21-27-14-8-6-9-15-27)23-31(34(32)38-26-37-3)22-28-16-10-7-11-17-28/h6-19,23-25,39H,4-5,20-22,26H2,1-3H3. The number of methoxy groups -OCH3 is 1. The lowest BCUT2D eigenvalue weighted by Gasteiger charge is -2.34. The van der Waals surface area contributed by atoms with Gasteiger partial charge >= 0.3 is 0 Å². The quantitative estimate of drug-likeness (QED) is 0.0925. The monoisotopic (exact) mass is 538 g/mol. The van der Waals surface area contributed by atoms with Gasteiger partial charge in [0.2, 0.25) is 0 Å². The second-order valence-electron chi connectivity index (χ2n) is 10.3. The van der Waals surface area contributed by atoms with E-state index in [-0.39, 0.29) is 11.9 Å². The molecule has 0 aromatic heterocycles. The number of hydrogen-bond donors (Lipinski definition) is 0. The van der Waals surface area contributed by atoms with Crippen LogP contribution in [0.1, 0.15) is 71.3 Å². The van der Waals surface area contributed by atoms with Gasteiger partial charge in [-0.15, -0.1) is 0 Å². The molecule has 0 bridgehead atoms. The molecule has 4 rings (SSSR count). The van der Waals surface area contributed by atoms with E-state index >= 15 is 0 Å². The predicted molar refractivity (Wildman–Crippen MR) is 164 cm³/mol. The second-order valence-corrected chi connectivity index (χ2v) is 12.2. The fourth-order valence-corrected chi connectivity index (χ4v) is 6.82. The molecule has 0 saturated heterocycles. The van der Waals surface area contributed by atoms with Gasteiger partial charge in [0.15, 0.2) is 13.1 Å². The Labute approximate surface area is 235 Å². The SMILES string of the molecule is CCCCC(C)(Pc1ccccc1C=O)c1cc(Cc2ccccc2)cc(Cc2ccccc2)c1OCOC. The summed E-state index contributed by atoms with van der Waals surface area (Å²) in [5.41, 5.74) is 6.92. The van der Waals surface area contributed by atoms with Crippen LogP contribution >= 0.6 is 8.58 Å². The van der Waals surface area contributed by atoms with Gasteiger partial charge < -0.3 is 9.47 Å². The maximum atomic E-state index is 11.9. The molecule has 2 unspecified atom stereocenters. The number of rotatable bonds is 14. The molecule has 2 atom stereocenters. The molecule has 0 aliphatic carbocycles. The molecule has 39 heavy (non-hydrogen) atoms. The van der Waals surface area contributed by atoms with Gasteiger partial charge in [0.25, 0.3) is 0 Å². The third-order valence-corrected chi connectivity index (χ3v) is 8.95. The van der Waals surface area contributed by atoms with E-state index in [1.807, 2.05) is 18.2 Å². The fourth-order valence-electron chi connectivity index (χ4n) is 5.14. The topological polar surface area (TPSA) is 35.5 Å². The minimum atomic E-state index is -0.212. The molecule has 4 aromatic carbocycles. The Bertz CT molecular complexity index is 1340. The maximum Gasteiger partial charge on any atom is 0.188 e. The van der Waals surface area contributed by atoms with E-state index < -0.39 is 0 Å². The average Bonchev–Trinajstić information content (AvgIpc) is 2.97. The van der Waals surface area contributed by atoms with Crippen molar-refractivity contribution < 1.29 is 14.3 Å². The van der Waals surface area contributed by atoms with Gasteiger partial charge in [-0.25, -0.2) is 0 Å². The Morgan fingerprint density at radius 3 is 2.10 bits per heavy atom. The largest absolute Gasteiger partial charge is 0.467 e. The van der Waals surface area contributed by atoms with Crippen molar-refractivity contribution in [2.24, 2.45) is 0 Å². The summed E-state index contributed by atoms with van der Waals surface area (Å²) in [5.74, 6) is 0.909. The molecule has 3 nitrogen and oxygen atoms in total. The lowest BCUT2D eigenvalue weighted by molar-refractivity contribution is 0.0493. The highest BCUT2D eigenvalue weighted by atomic mass is 31.1. The van der Waals surface area contributed by atoms with Crippen LogP contribution in [0, 0.1) is 0 Å². The number of carbonyl (C=O) groups excluding carboxylic acids is 1. The highest BCUT2D eigenvalue weighted by Gasteiger charge is 2.32. The number of unbranched alkanes of at least 4 members (excludes halogenated alkanes) is 1. The van der Waals surface area contributed by atoms with Gasteiger partial charge in [-0.05, 0) is 40.4 Å². The van der Waals surface area contributed by atoms with Gasteiger partial charge in [0, 0.05) is 29.8 Å². The maximum absolute atomic E-state index is 11.9. The van der Waals surface area contributed by atoms with E-state index in [4.69, 9.17) is 9.47 Å². The summed E-state index contributed by atoms with van der Waals surface area (Å²) in [5, 5.41) is 0.887. The summed E-state index contributed by atoms with van der Waals surface area (Å²) in [7, 11) is 2.08. The summed E-state index contributed by atoms with van der Waals surface area (Å²) < 4.78 is 11.8. The third kappa shape index (κ3) is 7.66. The smallest absolute Gasteiger partial charge is 0.188 e. The minimum Gasteiger partial charge on any atom is -0.467 e. The molecular weight excluding hydrogens is 499 g/mol. The zero-order valence-corrected chi connectivity index (χ0v) is 24.3. The van der Waals surface area contributed by atoms with E-state index in [1.165, 1.54) is 22.3 Å². The van der Waals surface area contributed by atoms with Crippen molar-refractivity contribution in [3.63, 3.8) is 0 Å². The van der Waals surface area contributed by atoms with Crippen LogP contribution in [0.3, 0.4) is 0 Å². The minimum absolute atomic E-state index is 0.185. The predicted octanol–water partition coefficient (Wildman–Crippen LogP) is 8.07. The van der Waals surface area contributed by atoms with Crippen LogP contribution in [0.2, 0.25) is 0 Å². The van der Waals surface area contributed by atoms with E-state index in [0.717, 1.165) is 60.6 Å². The van der Waals surface area contributed by atoms with Gasteiger partial charge in [-0.2, -0.15) is 0 Å². The first-order chi connectivity index (χ1) is 19.1. The first-order valence-corrected chi connectivity index (χ1v) is 14.7. The lowest BCUT2D eigenvalue weighted by Crippen LogP contribution is -2.23. The highest BCUT2D eigenvalue weighted by Crippen LogP contribution is 2.50. The van der Waals surface area contributed by atoms with Gasteiger partial charge in [-0.3, -0.25) is 4.79 Å². The molecule has 0 aliphatic heterocycles. The second kappa shape index (κ2) is 14.2. The van der Waals surface area contributed by atoms with Crippen LogP contribution in [-0.2, 0) is 22.7 Å². The Kier molecular flexibility index (Phi) is 10.5. The van der Waals surface area contributed by atoms with E-state index in [0.29, 0.717) is 8.58 Å². The number of ether oxygens (including phenoxy) is 2. The van der Waals surface area contributed by atoms with Gasteiger partial charge in [-0.1, -0.05) is 132 Å². The number of aldehydes is 1. The van der Waals surface area contributed by atoms with Crippen molar-refractivity contribution in [1.29, 1.82) is 0 Å². The van der Waals surface area contributed by atoms with Crippen LogP contribution < -0.4 is 10.0 Å². The zero-order valence-electron chi connectivity index (χ0n) is 23.3. The van der Waals surface area contributed by atoms with Crippen molar-refractivity contribution in [2.75, 3.05) is 13.9 Å². The first-order valence-electron chi connectivity index (χ1n) is 13.7. The number of hydrogen-bond acceptors (Lipinski definition) is 3. The van der Waals surface area contributed by atoms with E-state index in [9.17, 15) is 4.79 Å². The summed E-state index contributed by atoms with van der Waals surface area (Å²) in [6.07, 6.45) is 5.79. The van der Waals surface area contributed by atoms with Crippen LogP contribution in [0.5, 0.6) is 5.75 Å². The summed E-state index contributed by atoms with van der Waals surface area (Å²) in [6.45, 7) is 4.76. The Hall–Kier alpha value is -3.26. The lowest BCUT2D eigenvalue weighted by atomic mass is 9.87. The highest BCUT2D eigenvalue weighted by molar-refractivity contribution is 7.48. The molecule has 4 heteroatoms. The first kappa shape index (κ1) is 28.7. The average molecular weight is 539 g/mol. The summed E-state index contributed by atoms with van der Waals surface area (Å²) in [6, 6.07) is 33.8. The molecular formula is C35H39O3P. The van der Waals surface area contributed by atoms with Gasteiger partial charge in [0.1, 0.15) is 5.75 Å². The van der Waals surface area contributed by atoms with E-state index in [2.05, 4.69) is 92.7 Å². The van der Waals surface area contributed by atoms with Crippen molar-refractivity contribution >= 4 is 20.2 Å². The van der Waals surface area contributed by atoms with Crippen LogP contribution in [0.25, 0.3) is 0 Å². The molecule has 0 N–H and O–H groups in total. The van der Waals surface area contributed by atoms with Crippen molar-refractivity contribution in [2.45, 2.75) is 51.1 Å². The molecule has 0 spiro atoms. The van der Waals surface area contributed by atoms with Crippen molar-refractivity contribution in [3.05, 3.63) is 130 Å². The van der Waals surface area contributed by atoms with Crippen LogP contribution in [-0.4, -0.2) is 20.2 Å². The number of benzene rings is 4. The molecule has 4 aromatic rings. The van der Waals surface area contributed by atoms with Crippen LogP contribution in [0.15, 0.2) is 97.1 Å². The van der Waals surface area contributed by atoms with Gasteiger partial charge in [0.05, 0.1) is 0 Å². The third-order valence-electron chi connectivity index (χ3n) is 7.16. The van der Waals surface area contributed by atoms with Crippen molar-refractivity contribution in [3.8, 4) is 5.75 Å². The molecule has 0 radical (unpaired) electrons. The van der Waals surface area contributed by atoms with E-state index in [1.54, 1.807) is 7.11 Å². The normalized spacial score (nSPS) is 12.9. The van der Waals surface area contributed by atoms with Crippen LogP contribution in [0.4, 0.5) is 0 Å². The molecule has 0 heterocycles. The summed E-state index contributed by atoms with van der Waals surface area (Å²) >= 11 is 0. The fraction of sp³-hybridized carbons (Fsp3) is 0.286. The molecule has 202 valence electrons. The number of carbonyl (C=O) groups is 1. The Balaban J connectivity index is 1.90. The Morgan fingerprint density at radius 1 is 0.821 bits per heavy atom.